The van der Waals surface area contributed by atoms with Crippen molar-refractivity contribution >= 4 is 15.9 Å². The summed E-state index contributed by atoms with van der Waals surface area (Å²) in [6, 6.07) is 11.7. The number of hydrogen-bond acceptors (Lipinski definition) is 3. The SMILES string of the molecule is Cc1ccc(CN[C@@H](C)[C@@H](O)c2ccc(Br)cc2)nc1. The van der Waals surface area contributed by atoms with Gasteiger partial charge in [0.1, 0.15) is 0 Å². The number of hydrogen-bond donors (Lipinski definition) is 2. The van der Waals surface area contributed by atoms with E-state index in [-0.39, 0.29) is 6.04 Å². The molecule has 2 aromatic rings. The maximum Gasteiger partial charge on any atom is 0.0940 e. The highest BCUT2D eigenvalue weighted by Gasteiger charge is 2.15. The van der Waals surface area contributed by atoms with E-state index in [0.717, 1.165) is 21.3 Å². The molecule has 0 aliphatic rings. The smallest absolute Gasteiger partial charge is 0.0940 e. The van der Waals surface area contributed by atoms with Crippen LogP contribution in [0.15, 0.2) is 47.1 Å². The van der Waals surface area contributed by atoms with E-state index in [1.807, 2.05) is 56.4 Å². The van der Waals surface area contributed by atoms with Crippen LogP contribution in [0.5, 0.6) is 0 Å². The van der Waals surface area contributed by atoms with Crippen LogP contribution in [-0.2, 0) is 6.54 Å². The minimum Gasteiger partial charge on any atom is -0.387 e. The van der Waals surface area contributed by atoms with Crippen molar-refractivity contribution in [3.05, 3.63) is 63.9 Å². The molecule has 0 spiro atoms. The molecular formula is C16H19BrN2O. The Morgan fingerprint density at radius 3 is 2.50 bits per heavy atom. The van der Waals surface area contributed by atoms with E-state index in [1.165, 1.54) is 0 Å². The van der Waals surface area contributed by atoms with Crippen molar-refractivity contribution in [1.82, 2.24) is 10.3 Å². The van der Waals surface area contributed by atoms with Crippen LogP contribution in [0.3, 0.4) is 0 Å². The maximum atomic E-state index is 10.3. The number of pyridine rings is 1. The molecule has 0 saturated heterocycles. The van der Waals surface area contributed by atoms with Gasteiger partial charge in [-0.3, -0.25) is 4.98 Å². The van der Waals surface area contributed by atoms with E-state index >= 15 is 0 Å². The molecule has 4 heteroatoms. The summed E-state index contributed by atoms with van der Waals surface area (Å²) < 4.78 is 1.01. The van der Waals surface area contributed by atoms with Crippen molar-refractivity contribution < 1.29 is 5.11 Å². The molecule has 1 heterocycles. The van der Waals surface area contributed by atoms with Gasteiger partial charge in [0.05, 0.1) is 11.8 Å². The molecule has 0 saturated carbocycles. The van der Waals surface area contributed by atoms with Gasteiger partial charge in [-0.2, -0.15) is 0 Å². The van der Waals surface area contributed by atoms with Gasteiger partial charge in [-0.25, -0.2) is 0 Å². The Morgan fingerprint density at radius 2 is 1.90 bits per heavy atom. The van der Waals surface area contributed by atoms with Gasteiger partial charge in [0, 0.05) is 23.3 Å². The van der Waals surface area contributed by atoms with Gasteiger partial charge >= 0.3 is 0 Å². The van der Waals surface area contributed by atoms with E-state index in [1.54, 1.807) is 0 Å². The summed E-state index contributed by atoms with van der Waals surface area (Å²) in [7, 11) is 0. The van der Waals surface area contributed by atoms with Crippen LogP contribution in [0.1, 0.15) is 29.8 Å². The van der Waals surface area contributed by atoms with Crippen LogP contribution in [-0.4, -0.2) is 16.1 Å². The van der Waals surface area contributed by atoms with Crippen LogP contribution in [0.25, 0.3) is 0 Å². The first-order valence-corrected chi connectivity index (χ1v) is 7.44. The molecule has 2 N–H and O–H groups in total. The average molecular weight is 335 g/mol. The second-order valence-corrected chi connectivity index (χ2v) is 5.91. The fourth-order valence-electron chi connectivity index (χ4n) is 1.93. The zero-order chi connectivity index (χ0) is 14.5. The molecule has 0 unspecified atom stereocenters. The zero-order valence-corrected chi connectivity index (χ0v) is 13.3. The number of rotatable bonds is 5. The summed E-state index contributed by atoms with van der Waals surface area (Å²) in [6.07, 6.45) is 1.32. The van der Waals surface area contributed by atoms with Crippen molar-refractivity contribution in [3.63, 3.8) is 0 Å². The first-order valence-electron chi connectivity index (χ1n) is 6.64. The average Bonchev–Trinajstić information content (AvgIpc) is 2.46. The predicted octanol–water partition coefficient (Wildman–Crippen LogP) is 3.36. The molecule has 2 rings (SSSR count). The van der Waals surface area contributed by atoms with Gasteiger partial charge in [-0.15, -0.1) is 0 Å². The fourth-order valence-corrected chi connectivity index (χ4v) is 2.19. The minimum absolute atomic E-state index is 0.0423. The lowest BCUT2D eigenvalue weighted by atomic mass is 10.0. The molecule has 0 amide bonds. The highest BCUT2D eigenvalue weighted by atomic mass is 79.9. The third-order valence-electron chi connectivity index (χ3n) is 3.26. The second kappa shape index (κ2) is 6.97. The number of halogens is 1. The standard InChI is InChI=1S/C16H19BrN2O/c1-11-3-8-15(19-9-11)10-18-12(2)16(20)13-4-6-14(17)7-5-13/h3-9,12,16,18,20H,10H2,1-2H3/t12-,16+/m0/s1. The Balaban J connectivity index is 1.92. The number of benzene rings is 1. The summed E-state index contributed by atoms with van der Waals surface area (Å²) in [5, 5.41) is 13.6. The molecule has 20 heavy (non-hydrogen) atoms. The Hall–Kier alpha value is -1.23. The summed E-state index contributed by atoms with van der Waals surface area (Å²) >= 11 is 3.39. The lowest BCUT2D eigenvalue weighted by Crippen LogP contribution is -2.32. The van der Waals surface area contributed by atoms with E-state index < -0.39 is 6.10 Å². The largest absolute Gasteiger partial charge is 0.387 e. The molecule has 0 bridgehead atoms. The molecule has 1 aromatic heterocycles. The van der Waals surface area contributed by atoms with Gasteiger partial charge < -0.3 is 10.4 Å². The number of aliphatic hydroxyl groups excluding tert-OH is 1. The minimum atomic E-state index is -0.534. The number of aryl methyl sites for hydroxylation is 1. The Bertz CT molecular complexity index is 539. The monoisotopic (exact) mass is 334 g/mol. The van der Waals surface area contributed by atoms with E-state index in [4.69, 9.17) is 0 Å². The second-order valence-electron chi connectivity index (χ2n) is 4.99. The molecule has 106 valence electrons. The van der Waals surface area contributed by atoms with Crippen molar-refractivity contribution in [2.24, 2.45) is 0 Å². The van der Waals surface area contributed by atoms with Gasteiger partial charge in [0.15, 0.2) is 0 Å². The quantitative estimate of drug-likeness (QED) is 0.881. The summed E-state index contributed by atoms with van der Waals surface area (Å²) in [6.45, 7) is 4.64. The van der Waals surface area contributed by atoms with Gasteiger partial charge in [-0.05, 0) is 43.2 Å². The van der Waals surface area contributed by atoms with Crippen molar-refractivity contribution in [2.45, 2.75) is 32.5 Å². The Kier molecular flexibility index (Phi) is 5.29. The number of aliphatic hydroxyl groups is 1. The van der Waals surface area contributed by atoms with Crippen LogP contribution in [0.4, 0.5) is 0 Å². The van der Waals surface area contributed by atoms with Crippen molar-refractivity contribution in [3.8, 4) is 0 Å². The third kappa shape index (κ3) is 4.13. The Labute approximate surface area is 128 Å². The molecular weight excluding hydrogens is 316 g/mol. The summed E-state index contributed by atoms with van der Waals surface area (Å²) in [4.78, 5) is 4.34. The van der Waals surface area contributed by atoms with E-state index in [9.17, 15) is 5.11 Å². The van der Waals surface area contributed by atoms with Gasteiger partial charge in [-0.1, -0.05) is 34.1 Å². The van der Waals surface area contributed by atoms with Gasteiger partial charge in [0.2, 0.25) is 0 Å². The van der Waals surface area contributed by atoms with Crippen LogP contribution in [0.2, 0.25) is 0 Å². The van der Waals surface area contributed by atoms with Crippen LogP contribution in [0, 0.1) is 6.92 Å². The molecule has 3 nitrogen and oxygen atoms in total. The molecule has 0 radical (unpaired) electrons. The first-order chi connectivity index (χ1) is 9.56. The fraction of sp³-hybridized carbons (Fsp3) is 0.312. The van der Waals surface area contributed by atoms with E-state index in [2.05, 4.69) is 26.2 Å². The van der Waals surface area contributed by atoms with E-state index in [0.29, 0.717) is 6.54 Å². The number of aromatic nitrogens is 1. The predicted molar refractivity (Wildman–Crippen MR) is 84.4 cm³/mol. The molecule has 2 atom stereocenters. The van der Waals surface area contributed by atoms with Crippen molar-refractivity contribution in [2.75, 3.05) is 0 Å². The highest BCUT2D eigenvalue weighted by molar-refractivity contribution is 9.10. The third-order valence-corrected chi connectivity index (χ3v) is 3.79. The number of nitrogens with zero attached hydrogens (tertiary/aromatic N) is 1. The first kappa shape index (κ1) is 15.2. The molecule has 0 fully saturated rings. The van der Waals surface area contributed by atoms with Crippen molar-refractivity contribution in [1.29, 1.82) is 0 Å². The van der Waals surface area contributed by atoms with Crippen LogP contribution >= 0.6 is 15.9 Å². The van der Waals surface area contributed by atoms with Gasteiger partial charge in [0.25, 0.3) is 0 Å². The normalized spacial score (nSPS) is 14.0. The molecule has 0 aliphatic heterocycles. The molecule has 0 aliphatic carbocycles. The highest BCUT2D eigenvalue weighted by Crippen LogP contribution is 2.19. The number of nitrogens with one attached hydrogen (secondary N) is 1. The lowest BCUT2D eigenvalue weighted by Gasteiger charge is -2.20. The summed E-state index contributed by atoms with van der Waals surface area (Å²) in [5.41, 5.74) is 3.03. The lowest BCUT2D eigenvalue weighted by molar-refractivity contribution is 0.135. The van der Waals surface area contributed by atoms with Crippen LogP contribution < -0.4 is 5.32 Å². The topological polar surface area (TPSA) is 45.1 Å². The zero-order valence-electron chi connectivity index (χ0n) is 11.7. The maximum absolute atomic E-state index is 10.3. The molecule has 1 aromatic carbocycles. The summed E-state index contributed by atoms with van der Waals surface area (Å²) in [5.74, 6) is 0. The Morgan fingerprint density at radius 1 is 1.20 bits per heavy atom.